The van der Waals surface area contributed by atoms with Crippen molar-refractivity contribution in [1.82, 2.24) is 10.3 Å². The molecule has 0 unspecified atom stereocenters. The first-order valence-electron chi connectivity index (χ1n) is 8.32. The Bertz CT molecular complexity index is 1030. The Labute approximate surface area is 158 Å². The number of aromatic nitrogens is 1. The van der Waals surface area contributed by atoms with Gasteiger partial charge in [-0.1, -0.05) is 42.0 Å². The molecule has 0 aliphatic rings. The first-order chi connectivity index (χ1) is 13.0. The molecule has 0 bridgehead atoms. The van der Waals surface area contributed by atoms with E-state index >= 15 is 0 Å². The minimum Gasteiger partial charge on any atom is -0.348 e. The van der Waals surface area contributed by atoms with Gasteiger partial charge in [0.15, 0.2) is 5.03 Å². The van der Waals surface area contributed by atoms with Gasteiger partial charge < -0.3 is 5.32 Å². The van der Waals surface area contributed by atoms with Crippen molar-refractivity contribution in [3.05, 3.63) is 89.6 Å². The SMILES string of the molecule is Cc1ccc(NS(=O)(=O)c2ncccc2CNC(=O)c2ccccc2)cc1. The largest absolute Gasteiger partial charge is 0.348 e. The highest BCUT2D eigenvalue weighted by Crippen LogP contribution is 2.18. The number of anilines is 1. The number of sulfonamides is 1. The summed E-state index contributed by atoms with van der Waals surface area (Å²) in [7, 11) is -3.88. The molecule has 0 spiro atoms. The van der Waals surface area contributed by atoms with Gasteiger partial charge in [0, 0.05) is 29.6 Å². The van der Waals surface area contributed by atoms with E-state index < -0.39 is 10.0 Å². The van der Waals surface area contributed by atoms with Crippen molar-refractivity contribution in [2.24, 2.45) is 0 Å². The fourth-order valence-electron chi connectivity index (χ4n) is 2.49. The quantitative estimate of drug-likeness (QED) is 0.687. The minimum atomic E-state index is -3.88. The molecule has 1 heterocycles. The van der Waals surface area contributed by atoms with Crippen LogP contribution in [0, 0.1) is 6.92 Å². The van der Waals surface area contributed by atoms with E-state index in [0.29, 0.717) is 16.8 Å². The van der Waals surface area contributed by atoms with Gasteiger partial charge in [-0.15, -0.1) is 0 Å². The second-order valence-corrected chi connectivity index (χ2v) is 7.59. The molecule has 27 heavy (non-hydrogen) atoms. The van der Waals surface area contributed by atoms with Crippen molar-refractivity contribution in [1.29, 1.82) is 0 Å². The summed E-state index contributed by atoms with van der Waals surface area (Å²) in [5.74, 6) is -0.283. The predicted molar refractivity (Wildman–Crippen MR) is 104 cm³/mol. The number of aryl methyl sites for hydroxylation is 1. The standard InChI is InChI=1S/C20H19N3O3S/c1-15-9-11-18(12-10-15)23-27(25,26)20-17(8-5-13-21-20)14-22-19(24)16-6-3-2-4-7-16/h2-13,23H,14H2,1H3,(H,22,24). The molecule has 0 fully saturated rings. The fourth-order valence-corrected chi connectivity index (χ4v) is 3.72. The molecule has 0 radical (unpaired) electrons. The Balaban J connectivity index is 1.78. The van der Waals surface area contributed by atoms with Gasteiger partial charge in [-0.25, -0.2) is 4.98 Å². The molecule has 138 valence electrons. The molecule has 2 N–H and O–H groups in total. The first-order valence-corrected chi connectivity index (χ1v) is 9.81. The van der Waals surface area contributed by atoms with Crippen LogP contribution in [0.5, 0.6) is 0 Å². The van der Waals surface area contributed by atoms with Crippen LogP contribution in [-0.2, 0) is 16.6 Å². The third kappa shape index (κ3) is 4.71. The Morgan fingerprint density at radius 3 is 2.37 bits per heavy atom. The molecule has 0 aliphatic heterocycles. The van der Waals surface area contributed by atoms with Crippen molar-refractivity contribution in [3.63, 3.8) is 0 Å². The molecular formula is C20H19N3O3S. The number of amides is 1. The van der Waals surface area contributed by atoms with E-state index in [1.54, 1.807) is 48.5 Å². The van der Waals surface area contributed by atoms with E-state index in [-0.39, 0.29) is 17.5 Å². The number of hydrogen-bond acceptors (Lipinski definition) is 4. The lowest BCUT2D eigenvalue weighted by Gasteiger charge is -2.12. The van der Waals surface area contributed by atoms with Gasteiger partial charge in [0.1, 0.15) is 0 Å². The monoisotopic (exact) mass is 381 g/mol. The summed E-state index contributed by atoms with van der Waals surface area (Å²) < 4.78 is 28.0. The number of rotatable bonds is 6. The van der Waals surface area contributed by atoms with E-state index in [1.165, 1.54) is 6.20 Å². The Morgan fingerprint density at radius 2 is 1.67 bits per heavy atom. The summed E-state index contributed by atoms with van der Waals surface area (Å²) in [4.78, 5) is 16.2. The van der Waals surface area contributed by atoms with E-state index in [9.17, 15) is 13.2 Å². The number of nitrogens with one attached hydrogen (secondary N) is 2. The van der Waals surface area contributed by atoms with Crippen LogP contribution in [0.1, 0.15) is 21.5 Å². The zero-order chi connectivity index (χ0) is 19.3. The summed E-state index contributed by atoms with van der Waals surface area (Å²) in [6.45, 7) is 1.97. The number of hydrogen-bond donors (Lipinski definition) is 2. The number of carbonyl (C=O) groups is 1. The Kier molecular flexibility index (Phi) is 5.52. The topological polar surface area (TPSA) is 88.2 Å². The normalized spacial score (nSPS) is 11.0. The smallest absolute Gasteiger partial charge is 0.279 e. The number of carbonyl (C=O) groups excluding carboxylic acids is 1. The second-order valence-electron chi connectivity index (χ2n) is 5.99. The van der Waals surface area contributed by atoms with E-state index in [2.05, 4.69) is 15.0 Å². The summed E-state index contributed by atoms with van der Waals surface area (Å²) >= 11 is 0. The highest BCUT2D eigenvalue weighted by molar-refractivity contribution is 7.92. The van der Waals surface area contributed by atoms with Gasteiger partial charge >= 0.3 is 0 Å². The summed E-state index contributed by atoms with van der Waals surface area (Å²) in [5.41, 5.74) is 2.38. The van der Waals surface area contributed by atoms with E-state index in [4.69, 9.17) is 0 Å². The van der Waals surface area contributed by atoms with Crippen molar-refractivity contribution < 1.29 is 13.2 Å². The zero-order valence-electron chi connectivity index (χ0n) is 14.7. The molecule has 1 aromatic heterocycles. The van der Waals surface area contributed by atoms with E-state index in [1.807, 2.05) is 25.1 Å². The van der Waals surface area contributed by atoms with Crippen LogP contribution >= 0.6 is 0 Å². The number of benzene rings is 2. The van der Waals surface area contributed by atoms with Crippen LogP contribution in [0.4, 0.5) is 5.69 Å². The second kappa shape index (κ2) is 8.01. The van der Waals surface area contributed by atoms with Crippen molar-refractivity contribution in [3.8, 4) is 0 Å². The molecule has 0 saturated heterocycles. The maximum absolute atomic E-state index is 12.7. The molecule has 3 aromatic rings. The zero-order valence-corrected chi connectivity index (χ0v) is 15.5. The molecule has 3 rings (SSSR count). The summed E-state index contributed by atoms with van der Waals surface area (Å²) in [6.07, 6.45) is 1.41. The molecule has 0 aliphatic carbocycles. The van der Waals surface area contributed by atoms with Crippen LogP contribution in [0.15, 0.2) is 78.0 Å². The van der Waals surface area contributed by atoms with Crippen molar-refractivity contribution in [2.45, 2.75) is 18.5 Å². The van der Waals surface area contributed by atoms with Crippen LogP contribution in [0.2, 0.25) is 0 Å². The first kappa shape index (κ1) is 18.6. The molecule has 2 aromatic carbocycles. The third-order valence-corrected chi connectivity index (χ3v) is 5.26. The average Bonchev–Trinajstić information content (AvgIpc) is 2.68. The van der Waals surface area contributed by atoms with Crippen molar-refractivity contribution >= 4 is 21.6 Å². The van der Waals surface area contributed by atoms with Gasteiger partial charge in [-0.2, -0.15) is 8.42 Å². The number of nitrogens with zero attached hydrogens (tertiary/aromatic N) is 1. The number of pyridine rings is 1. The third-order valence-electron chi connectivity index (χ3n) is 3.88. The lowest BCUT2D eigenvalue weighted by molar-refractivity contribution is 0.0950. The van der Waals surface area contributed by atoms with Crippen LogP contribution in [0.25, 0.3) is 0 Å². The van der Waals surface area contributed by atoms with Crippen LogP contribution in [0.3, 0.4) is 0 Å². The van der Waals surface area contributed by atoms with Gasteiger partial charge in [-0.3, -0.25) is 9.52 Å². The maximum Gasteiger partial charge on any atom is 0.279 e. The van der Waals surface area contributed by atoms with Crippen LogP contribution < -0.4 is 10.0 Å². The van der Waals surface area contributed by atoms with Gasteiger partial charge in [0.2, 0.25) is 0 Å². The van der Waals surface area contributed by atoms with Crippen molar-refractivity contribution in [2.75, 3.05) is 4.72 Å². The fraction of sp³-hybridized carbons (Fsp3) is 0.100. The molecule has 0 atom stereocenters. The van der Waals surface area contributed by atoms with Gasteiger partial charge in [-0.05, 0) is 37.3 Å². The molecule has 0 saturated carbocycles. The maximum atomic E-state index is 12.7. The van der Waals surface area contributed by atoms with Gasteiger partial charge in [0.05, 0.1) is 0 Å². The summed E-state index contributed by atoms with van der Waals surface area (Å²) in [6, 6.07) is 19.0. The molecular weight excluding hydrogens is 362 g/mol. The molecule has 7 heteroatoms. The minimum absolute atomic E-state index is 0.0473. The summed E-state index contributed by atoms with van der Waals surface area (Å²) in [5, 5.41) is 2.62. The average molecular weight is 381 g/mol. The lowest BCUT2D eigenvalue weighted by Crippen LogP contribution is -2.25. The Morgan fingerprint density at radius 1 is 0.963 bits per heavy atom. The predicted octanol–water partition coefficient (Wildman–Crippen LogP) is 3.12. The van der Waals surface area contributed by atoms with Gasteiger partial charge in [0.25, 0.3) is 15.9 Å². The lowest BCUT2D eigenvalue weighted by atomic mass is 10.2. The highest BCUT2D eigenvalue weighted by atomic mass is 32.2. The van der Waals surface area contributed by atoms with Crippen LogP contribution in [-0.4, -0.2) is 19.3 Å². The highest BCUT2D eigenvalue weighted by Gasteiger charge is 2.20. The Hall–Kier alpha value is -3.19. The van der Waals surface area contributed by atoms with E-state index in [0.717, 1.165) is 5.56 Å². The molecule has 1 amide bonds. The molecule has 6 nitrogen and oxygen atoms in total.